The average molecular weight is 318 g/mol. The van der Waals surface area contributed by atoms with E-state index < -0.39 is 13.4 Å². The molecule has 0 atom stereocenters. The normalized spacial score (nSPS) is 22.0. The molecule has 2 aliphatic rings. The zero-order valence-corrected chi connectivity index (χ0v) is 14.3. The minimum Gasteiger partial charge on any atom is -0.494 e. The molecule has 1 aromatic rings. The third-order valence-corrected chi connectivity index (χ3v) is 4.58. The van der Waals surface area contributed by atoms with E-state index >= 15 is 0 Å². The molecular formula is C17H23BO5. The van der Waals surface area contributed by atoms with Crippen LogP contribution in [0.25, 0.3) is 0 Å². The SMILES string of the molecule is CCOc1cc(C2OC=CO2)ccc1B1OC(C)(C)C(C)(C)O1. The quantitative estimate of drug-likeness (QED) is 0.799. The summed E-state index contributed by atoms with van der Waals surface area (Å²) in [6.07, 6.45) is 2.64. The molecule has 0 aromatic heterocycles. The van der Waals surface area contributed by atoms with Gasteiger partial charge in [0.25, 0.3) is 6.29 Å². The summed E-state index contributed by atoms with van der Waals surface area (Å²) < 4.78 is 28.8. The molecule has 1 saturated heterocycles. The molecule has 6 heteroatoms. The van der Waals surface area contributed by atoms with Gasteiger partial charge in [0, 0.05) is 11.0 Å². The van der Waals surface area contributed by atoms with Crippen LogP contribution in [0.4, 0.5) is 0 Å². The molecule has 0 amide bonds. The summed E-state index contributed by atoms with van der Waals surface area (Å²) in [5.41, 5.74) is 0.988. The van der Waals surface area contributed by atoms with E-state index in [1.165, 1.54) is 12.5 Å². The second-order valence-electron chi connectivity index (χ2n) is 6.69. The van der Waals surface area contributed by atoms with Gasteiger partial charge in [0.1, 0.15) is 18.3 Å². The average Bonchev–Trinajstić information content (AvgIpc) is 3.06. The number of hydrogen-bond donors (Lipinski definition) is 0. The van der Waals surface area contributed by atoms with Gasteiger partial charge in [-0.2, -0.15) is 0 Å². The molecule has 1 aromatic carbocycles. The highest BCUT2D eigenvalue weighted by molar-refractivity contribution is 6.63. The van der Waals surface area contributed by atoms with Crippen LogP contribution in [0.3, 0.4) is 0 Å². The third-order valence-electron chi connectivity index (χ3n) is 4.58. The van der Waals surface area contributed by atoms with Gasteiger partial charge in [0.2, 0.25) is 0 Å². The van der Waals surface area contributed by atoms with E-state index in [1.807, 2.05) is 52.8 Å². The Morgan fingerprint density at radius 1 is 1.04 bits per heavy atom. The van der Waals surface area contributed by atoms with Gasteiger partial charge in [0.15, 0.2) is 0 Å². The van der Waals surface area contributed by atoms with Crippen molar-refractivity contribution in [2.75, 3.05) is 6.61 Å². The lowest BCUT2D eigenvalue weighted by Gasteiger charge is -2.32. The Hall–Kier alpha value is -1.66. The van der Waals surface area contributed by atoms with Crippen molar-refractivity contribution < 1.29 is 23.5 Å². The van der Waals surface area contributed by atoms with Crippen LogP contribution in [0.5, 0.6) is 5.75 Å². The van der Waals surface area contributed by atoms with E-state index in [0.717, 1.165) is 16.8 Å². The highest BCUT2D eigenvalue weighted by Crippen LogP contribution is 2.37. The Morgan fingerprint density at radius 2 is 1.65 bits per heavy atom. The van der Waals surface area contributed by atoms with Crippen molar-refractivity contribution in [2.24, 2.45) is 0 Å². The summed E-state index contributed by atoms with van der Waals surface area (Å²) in [6, 6.07) is 5.82. The molecule has 0 radical (unpaired) electrons. The molecule has 124 valence electrons. The monoisotopic (exact) mass is 318 g/mol. The molecule has 1 fully saturated rings. The van der Waals surface area contributed by atoms with Gasteiger partial charge >= 0.3 is 7.12 Å². The first-order valence-corrected chi connectivity index (χ1v) is 7.92. The Bertz CT molecular complexity index is 587. The Kier molecular flexibility index (Phi) is 4.06. The van der Waals surface area contributed by atoms with Gasteiger partial charge in [-0.15, -0.1) is 0 Å². The van der Waals surface area contributed by atoms with Gasteiger partial charge in [-0.1, -0.05) is 12.1 Å². The molecule has 0 saturated carbocycles. The van der Waals surface area contributed by atoms with Crippen LogP contribution in [0.15, 0.2) is 30.7 Å². The van der Waals surface area contributed by atoms with Crippen LogP contribution in [0, 0.1) is 0 Å². The maximum absolute atomic E-state index is 6.13. The van der Waals surface area contributed by atoms with Gasteiger partial charge in [0.05, 0.1) is 17.8 Å². The molecule has 0 spiro atoms. The molecule has 0 aliphatic carbocycles. The number of hydrogen-bond acceptors (Lipinski definition) is 5. The van der Waals surface area contributed by atoms with Crippen LogP contribution in [0.2, 0.25) is 0 Å². The maximum Gasteiger partial charge on any atom is 0.498 e. The lowest BCUT2D eigenvalue weighted by molar-refractivity contribution is -0.0247. The zero-order valence-electron chi connectivity index (χ0n) is 14.3. The Morgan fingerprint density at radius 3 is 2.22 bits per heavy atom. The molecule has 5 nitrogen and oxygen atoms in total. The van der Waals surface area contributed by atoms with Crippen LogP contribution in [0.1, 0.15) is 46.5 Å². The molecule has 0 unspecified atom stereocenters. The predicted octanol–water partition coefficient (Wildman–Crippen LogP) is 2.90. The molecule has 2 aliphatic heterocycles. The zero-order chi connectivity index (χ0) is 16.7. The molecular weight excluding hydrogens is 295 g/mol. The number of ether oxygens (including phenoxy) is 3. The van der Waals surface area contributed by atoms with Gasteiger partial charge in [-0.25, -0.2) is 0 Å². The first kappa shape index (κ1) is 16.2. The van der Waals surface area contributed by atoms with Crippen LogP contribution >= 0.6 is 0 Å². The Balaban J connectivity index is 1.90. The van der Waals surface area contributed by atoms with Crippen LogP contribution < -0.4 is 10.2 Å². The van der Waals surface area contributed by atoms with Crippen molar-refractivity contribution in [1.82, 2.24) is 0 Å². The van der Waals surface area contributed by atoms with E-state index in [4.69, 9.17) is 23.5 Å². The van der Waals surface area contributed by atoms with Crippen molar-refractivity contribution in [3.05, 3.63) is 36.3 Å². The van der Waals surface area contributed by atoms with E-state index in [-0.39, 0.29) is 11.2 Å². The lowest BCUT2D eigenvalue weighted by Crippen LogP contribution is -2.41. The fourth-order valence-electron chi connectivity index (χ4n) is 2.54. The van der Waals surface area contributed by atoms with E-state index in [9.17, 15) is 0 Å². The summed E-state index contributed by atoms with van der Waals surface area (Å²) in [5.74, 6) is 0.725. The van der Waals surface area contributed by atoms with Crippen molar-refractivity contribution in [1.29, 1.82) is 0 Å². The smallest absolute Gasteiger partial charge is 0.494 e. The Labute approximate surface area is 137 Å². The summed E-state index contributed by atoms with van der Waals surface area (Å²) in [4.78, 5) is 0. The summed E-state index contributed by atoms with van der Waals surface area (Å²) in [7, 11) is -0.459. The van der Waals surface area contributed by atoms with Crippen LogP contribution in [-0.4, -0.2) is 24.9 Å². The number of rotatable bonds is 4. The molecule has 0 N–H and O–H groups in total. The topological polar surface area (TPSA) is 46.2 Å². The first-order valence-electron chi connectivity index (χ1n) is 7.92. The summed E-state index contributed by atoms with van der Waals surface area (Å²) in [6.45, 7) is 10.6. The highest BCUT2D eigenvalue weighted by Gasteiger charge is 2.52. The second-order valence-corrected chi connectivity index (χ2v) is 6.69. The minimum absolute atomic E-state index is 0.387. The van der Waals surface area contributed by atoms with Gasteiger partial charge < -0.3 is 23.5 Å². The summed E-state index contributed by atoms with van der Waals surface area (Å²) >= 11 is 0. The van der Waals surface area contributed by atoms with E-state index in [2.05, 4.69) is 0 Å². The molecule has 23 heavy (non-hydrogen) atoms. The largest absolute Gasteiger partial charge is 0.498 e. The first-order chi connectivity index (χ1) is 10.8. The highest BCUT2D eigenvalue weighted by atomic mass is 16.7. The van der Waals surface area contributed by atoms with E-state index in [1.54, 1.807) is 0 Å². The predicted molar refractivity (Wildman–Crippen MR) is 87.4 cm³/mol. The second kappa shape index (κ2) is 5.76. The molecule has 2 heterocycles. The van der Waals surface area contributed by atoms with Gasteiger partial charge in [-0.3, -0.25) is 0 Å². The van der Waals surface area contributed by atoms with Crippen molar-refractivity contribution in [3.63, 3.8) is 0 Å². The summed E-state index contributed by atoms with van der Waals surface area (Å²) in [5, 5.41) is 0. The minimum atomic E-state index is -0.459. The molecule has 0 bridgehead atoms. The van der Waals surface area contributed by atoms with Crippen molar-refractivity contribution in [2.45, 2.75) is 52.1 Å². The standard InChI is InChI=1S/C17H23BO5/c1-6-19-14-11-12(15-20-9-10-21-15)7-8-13(14)18-22-16(2,3)17(4,5)23-18/h7-11,15H,6H2,1-5H3. The van der Waals surface area contributed by atoms with Gasteiger partial charge in [-0.05, 0) is 40.7 Å². The van der Waals surface area contributed by atoms with Crippen molar-refractivity contribution >= 4 is 12.6 Å². The lowest BCUT2D eigenvalue weighted by atomic mass is 9.78. The fourth-order valence-corrected chi connectivity index (χ4v) is 2.54. The fraction of sp³-hybridized carbons (Fsp3) is 0.529. The number of benzene rings is 1. The van der Waals surface area contributed by atoms with Crippen LogP contribution in [-0.2, 0) is 18.8 Å². The maximum atomic E-state index is 6.13. The van der Waals surface area contributed by atoms with Crippen molar-refractivity contribution in [3.8, 4) is 5.75 Å². The van der Waals surface area contributed by atoms with E-state index in [0.29, 0.717) is 6.61 Å². The third kappa shape index (κ3) is 2.93. The molecule has 3 rings (SSSR count).